The number of hydrogen-bond acceptors (Lipinski definition) is 5. The Kier molecular flexibility index (Phi) is 5.31. The minimum absolute atomic E-state index is 0.333. The van der Waals surface area contributed by atoms with E-state index >= 15 is 0 Å². The summed E-state index contributed by atoms with van der Waals surface area (Å²) in [5, 5.41) is 17.4. The van der Waals surface area contributed by atoms with Gasteiger partial charge in [-0.05, 0) is 0 Å². The van der Waals surface area contributed by atoms with Crippen molar-refractivity contribution in [3.8, 4) is 0 Å². The Labute approximate surface area is 74.2 Å². The lowest BCUT2D eigenvalue weighted by Crippen LogP contribution is -2.31. The summed E-state index contributed by atoms with van der Waals surface area (Å²) >= 11 is 0. The maximum absolute atomic E-state index is 10.3. The number of carbonyl (C=O) groups excluding carboxylic acids is 1. The second-order valence-electron chi connectivity index (χ2n) is 2.29. The lowest BCUT2D eigenvalue weighted by atomic mass is 10.2. The van der Waals surface area contributed by atoms with Gasteiger partial charge in [-0.25, -0.2) is 4.57 Å². The molecule has 0 saturated heterocycles. The molecule has 0 aromatic carbocycles. The van der Waals surface area contributed by atoms with Crippen molar-refractivity contribution in [1.29, 1.82) is 0 Å². The number of phosphoric ester groups is 1. The van der Waals surface area contributed by atoms with Crippen LogP contribution in [0.3, 0.4) is 0 Å². The monoisotopic (exact) mass is 214 g/mol. The molecule has 0 aromatic rings. The van der Waals surface area contributed by atoms with Crippen molar-refractivity contribution in [1.82, 2.24) is 0 Å². The van der Waals surface area contributed by atoms with Crippen LogP contribution in [0.2, 0.25) is 0 Å². The molecular formula is C5H11O7P. The van der Waals surface area contributed by atoms with Gasteiger partial charge in [0.05, 0.1) is 6.61 Å². The van der Waals surface area contributed by atoms with E-state index < -0.39 is 33.1 Å². The first-order valence-corrected chi connectivity index (χ1v) is 4.90. The fourth-order valence-corrected chi connectivity index (χ4v) is 1.24. The molecule has 0 unspecified atom stereocenters. The third kappa shape index (κ3) is 5.87. The second-order valence-corrected chi connectivity index (χ2v) is 3.48. The number of aliphatic hydroxyl groups is 2. The third-order valence-corrected chi connectivity index (χ3v) is 1.76. The highest BCUT2D eigenvalue weighted by atomic mass is 31.2. The first kappa shape index (κ1) is 12.7. The van der Waals surface area contributed by atoms with E-state index in [1.165, 1.54) is 0 Å². The summed E-state index contributed by atoms with van der Waals surface area (Å²) in [6.07, 6.45) is -2.94. The van der Waals surface area contributed by atoms with Crippen LogP contribution in [0.15, 0.2) is 0 Å². The Morgan fingerprint density at radius 3 is 2.31 bits per heavy atom. The van der Waals surface area contributed by atoms with Gasteiger partial charge in [0.25, 0.3) is 0 Å². The maximum atomic E-state index is 10.3. The molecule has 0 spiro atoms. The van der Waals surface area contributed by atoms with Gasteiger partial charge >= 0.3 is 7.82 Å². The molecule has 0 rings (SSSR count). The van der Waals surface area contributed by atoms with Crippen LogP contribution in [0, 0.1) is 0 Å². The highest BCUT2D eigenvalue weighted by Crippen LogP contribution is 2.38. The van der Waals surface area contributed by atoms with Crippen LogP contribution in [0.25, 0.3) is 0 Å². The zero-order valence-electron chi connectivity index (χ0n) is 6.61. The minimum atomic E-state index is -4.75. The second kappa shape index (κ2) is 5.43. The van der Waals surface area contributed by atoms with Crippen molar-refractivity contribution >= 4 is 14.1 Å². The van der Waals surface area contributed by atoms with Crippen molar-refractivity contribution in [2.24, 2.45) is 0 Å². The van der Waals surface area contributed by atoms with Crippen LogP contribution in [0.4, 0.5) is 0 Å². The van der Waals surface area contributed by atoms with Gasteiger partial charge in [0.2, 0.25) is 0 Å². The molecule has 0 heterocycles. The number of carbonyl (C=O) groups is 1. The summed E-state index contributed by atoms with van der Waals surface area (Å²) in [6, 6.07) is 0. The Morgan fingerprint density at radius 1 is 1.46 bits per heavy atom. The molecule has 0 amide bonds. The fourth-order valence-electron chi connectivity index (χ4n) is 0.659. The van der Waals surface area contributed by atoms with Crippen LogP contribution in [-0.2, 0) is 13.9 Å². The van der Waals surface area contributed by atoms with Gasteiger partial charge < -0.3 is 24.8 Å². The van der Waals surface area contributed by atoms with Crippen molar-refractivity contribution in [3.63, 3.8) is 0 Å². The van der Waals surface area contributed by atoms with E-state index in [1.54, 1.807) is 0 Å². The molecule has 78 valence electrons. The number of rotatable bonds is 6. The van der Waals surface area contributed by atoms with Gasteiger partial charge in [-0.3, -0.25) is 4.52 Å². The Morgan fingerprint density at radius 2 is 2.00 bits per heavy atom. The Bertz CT molecular complexity index is 199. The summed E-state index contributed by atoms with van der Waals surface area (Å²) < 4.78 is 14.4. The first-order valence-electron chi connectivity index (χ1n) is 3.37. The molecule has 0 aromatic heterocycles. The summed E-state index contributed by atoms with van der Waals surface area (Å²) in [5.74, 6) is 0. The van der Waals surface area contributed by atoms with Gasteiger partial charge in [-0.15, -0.1) is 0 Å². The number of aldehydes is 1. The van der Waals surface area contributed by atoms with Crippen LogP contribution >= 0.6 is 7.82 Å². The van der Waals surface area contributed by atoms with Crippen LogP contribution in [-0.4, -0.2) is 45.1 Å². The lowest BCUT2D eigenvalue weighted by molar-refractivity contribution is -0.111. The average Bonchev–Trinajstić information content (AvgIpc) is 2.00. The van der Waals surface area contributed by atoms with E-state index in [-0.39, 0.29) is 0 Å². The van der Waals surface area contributed by atoms with Crippen molar-refractivity contribution in [2.45, 2.75) is 18.6 Å². The molecule has 0 bridgehead atoms. The Balaban J connectivity index is 4.25. The van der Waals surface area contributed by atoms with E-state index in [0.717, 1.165) is 0 Å². The molecule has 4 N–H and O–H groups in total. The highest BCUT2D eigenvalue weighted by molar-refractivity contribution is 7.46. The zero-order chi connectivity index (χ0) is 10.5. The number of phosphoric acid groups is 1. The van der Waals surface area contributed by atoms with Gasteiger partial charge in [0, 0.05) is 6.42 Å². The standard InChI is InChI=1S/C5H11O7P/c6-2-1-5(4(8)3-7)12-13(9,10)11/h2,4-5,7-8H,1,3H2,(H2,9,10,11)/t4-,5+/m1/s1. The smallest absolute Gasteiger partial charge is 0.394 e. The Hall–Kier alpha value is -0.300. The molecule has 0 fully saturated rings. The average molecular weight is 214 g/mol. The van der Waals surface area contributed by atoms with E-state index in [4.69, 9.17) is 20.0 Å². The highest BCUT2D eigenvalue weighted by Gasteiger charge is 2.27. The van der Waals surface area contributed by atoms with E-state index in [0.29, 0.717) is 6.29 Å². The topological polar surface area (TPSA) is 124 Å². The quantitative estimate of drug-likeness (QED) is 0.310. The molecule has 0 aliphatic rings. The predicted octanol–water partition coefficient (Wildman–Crippen LogP) is -1.59. The molecule has 8 heteroatoms. The molecule has 0 saturated carbocycles. The molecule has 0 radical (unpaired) electrons. The molecular weight excluding hydrogens is 203 g/mol. The van der Waals surface area contributed by atoms with Crippen LogP contribution in [0.1, 0.15) is 6.42 Å². The molecule has 13 heavy (non-hydrogen) atoms. The lowest BCUT2D eigenvalue weighted by Gasteiger charge is -2.19. The number of hydrogen-bond donors (Lipinski definition) is 4. The van der Waals surface area contributed by atoms with Gasteiger partial charge in [0.1, 0.15) is 18.5 Å². The van der Waals surface area contributed by atoms with Crippen molar-refractivity contribution in [3.05, 3.63) is 0 Å². The molecule has 2 atom stereocenters. The molecule has 7 nitrogen and oxygen atoms in total. The SMILES string of the molecule is O=CC[C@H](OP(=O)(O)O)[C@H](O)CO. The fraction of sp³-hybridized carbons (Fsp3) is 0.800. The van der Waals surface area contributed by atoms with Crippen LogP contribution < -0.4 is 0 Å². The zero-order valence-corrected chi connectivity index (χ0v) is 7.50. The minimum Gasteiger partial charge on any atom is -0.394 e. The van der Waals surface area contributed by atoms with E-state index in [2.05, 4.69) is 4.52 Å². The molecule has 0 aliphatic heterocycles. The predicted molar refractivity (Wildman–Crippen MR) is 40.7 cm³/mol. The van der Waals surface area contributed by atoms with Gasteiger partial charge in [-0.2, -0.15) is 0 Å². The number of aliphatic hydroxyl groups excluding tert-OH is 2. The van der Waals surface area contributed by atoms with Crippen molar-refractivity contribution in [2.75, 3.05) is 6.61 Å². The normalized spacial score (nSPS) is 16.6. The first-order chi connectivity index (χ1) is 5.90. The summed E-state index contributed by atoms with van der Waals surface area (Å²) in [5.41, 5.74) is 0. The summed E-state index contributed by atoms with van der Waals surface area (Å²) in [6.45, 7) is -0.738. The van der Waals surface area contributed by atoms with Gasteiger partial charge in [-0.1, -0.05) is 0 Å². The van der Waals surface area contributed by atoms with E-state index in [9.17, 15) is 9.36 Å². The third-order valence-electron chi connectivity index (χ3n) is 1.22. The summed E-state index contributed by atoms with van der Waals surface area (Å²) in [7, 11) is -4.75. The van der Waals surface area contributed by atoms with E-state index in [1.807, 2.05) is 0 Å². The van der Waals surface area contributed by atoms with Gasteiger partial charge in [0.15, 0.2) is 0 Å². The maximum Gasteiger partial charge on any atom is 0.469 e. The van der Waals surface area contributed by atoms with Crippen molar-refractivity contribution < 1.29 is 33.9 Å². The molecule has 0 aliphatic carbocycles. The largest absolute Gasteiger partial charge is 0.469 e. The summed E-state index contributed by atoms with van der Waals surface area (Å²) in [4.78, 5) is 26.7. The van der Waals surface area contributed by atoms with Crippen LogP contribution in [0.5, 0.6) is 0 Å².